The van der Waals surface area contributed by atoms with Crippen LogP contribution in [0.4, 0.5) is 0 Å². The number of rotatable bonds is 6. The van der Waals surface area contributed by atoms with Crippen molar-refractivity contribution in [3.63, 3.8) is 0 Å². The first-order valence-electron chi connectivity index (χ1n) is 8.47. The zero-order chi connectivity index (χ0) is 19.5. The molecular formula is C21H21ClN2O3. The molecule has 0 aromatic heterocycles. The normalized spacial score (nSPS) is 14.0. The Hall–Kier alpha value is -2.81. The Morgan fingerprint density at radius 3 is 2.67 bits per heavy atom. The topological polar surface area (TPSA) is 67.4 Å². The Kier molecular flexibility index (Phi) is 8.37. The summed E-state index contributed by atoms with van der Waals surface area (Å²) in [5.74, 6) is 5.37. The van der Waals surface area contributed by atoms with E-state index in [1.54, 1.807) is 0 Å². The van der Waals surface area contributed by atoms with Crippen molar-refractivity contribution in [3.8, 4) is 11.8 Å². The lowest BCUT2D eigenvalue weighted by Crippen LogP contribution is -2.44. The van der Waals surface area contributed by atoms with E-state index in [1.165, 1.54) is 7.11 Å². The Balaban J connectivity index is 2.03. The van der Waals surface area contributed by atoms with Crippen LogP contribution in [-0.4, -0.2) is 31.6 Å². The molecule has 1 atom stereocenters. The average molecular weight is 385 g/mol. The van der Waals surface area contributed by atoms with Crippen molar-refractivity contribution in [1.82, 2.24) is 10.2 Å². The van der Waals surface area contributed by atoms with Gasteiger partial charge in [0.2, 0.25) is 5.91 Å². The second-order valence-electron chi connectivity index (χ2n) is 5.78. The van der Waals surface area contributed by atoms with Crippen molar-refractivity contribution in [2.24, 2.45) is 0 Å². The van der Waals surface area contributed by atoms with E-state index in [-0.39, 0.29) is 12.5 Å². The van der Waals surface area contributed by atoms with E-state index in [1.807, 2.05) is 54.6 Å². The van der Waals surface area contributed by atoms with Gasteiger partial charge in [-0.25, -0.2) is 9.63 Å². The second kappa shape index (κ2) is 11.0. The number of ether oxygens (including phenoxy) is 1. The largest absolute Gasteiger partial charge is 0.467 e. The summed E-state index contributed by atoms with van der Waals surface area (Å²) in [6.07, 6.45) is 8.83. The minimum Gasteiger partial charge on any atom is -0.467 e. The van der Waals surface area contributed by atoms with Crippen LogP contribution in [0, 0.1) is 11.8 Å². The van der Waals surface area contributed by atoms with Gasteiger partial charge in [-0.3, -0.25) is 4.79 Å². The van der Waals surface area contributed by atoms with Crippen molar-refractivity contribution in [2.45, 2.75) is 18.9 Å². The third-order valence-electron chi connectivity index (χ3n) is 3.81. The van der Waals surface area contributed by atoms with E-state index < -0.39 is 12.0 Å². The van der Waals surface area contributed by atoms with E-state index in [9.17, 15) is 9.59 Å². The summed E-state index contributed by atoms with van der Waals surface area (Å²) in [5, 5.41) is 2.61. The van der Waals surface area contributed by atoms with Gasteiger partial charge in [0, 0.05) is 17.6 Å². The number of esters is 1. The van der Waals surface area contributed by atoms with Gasteiger partial charge in [0.15, 0.2) is 0 Å². The van der Waals surface area contributed by atoms with Gasteiger partial charge in [-0.2, -0.15) is 0 Å². The zero-order valence-electron chi connectivity index (χ0n) is 15.0. The van der Waals surface area contributed by atoms with Gasteiger partial charge in [0.05, 0.1) is 13.7 Å². The fraction of sp³-hybridized carbons (Fsp3) is 0.238. The number of hydrogen-bond acceptors (Lipinski definition) is 4. The highest BCUT2D eigenvalue weighted by Gasteiger charge is 2.22. The number of halogens is 1. The van der Waals surface area contributed by atoms with Crippen LogP contribution in [0.1, 0.15) is 18.4 Å². The van der Waals surface area contributed by atoms with Crippen LogP contribution in [0.15, 0.2) is 65.8 Å². The highest BCUT2D eigenvalue weighted by molar-refractivity contribution is 6.14. The fourth-order valence-corrected chi connectivity index (χ4v) is 2.58. The Bertz CT molecular complexity index is 817. The minimum absolute atomic E-state index is 0.0925. The van der Waals surface area contributed by atoms with Crippen LogP contribution >= 0.6 is 11.8 Å². The standard InChI is InChI=1S/C21H21ClN2O3/c1-27-21(26)19(24-20(25)15-23-22)14-18-9-5-8-17(12-13-18)11-10-16-6-3-2-4-7-16/h2-4,6-9,12-13,19,23H,5,14-15H2,1H3,(H,24,25). The van der Waals surface area contributed by atoms with E-state index in [4.69, 9.17) is 16.5 Å². The number of nitrogens with one attached hydrogen (secondary N) is 2. The third kappa shape index (κ3) is 7.14. The number of benzene rings is 1. The molecule has 0 radical (unpaired) electrons. The Morgan fingerprint density at radius 2 is 1.96 bits per heavy atom. The van der Waals surface area contributed by atoms with Crippen molar-refractivity contribution in [2.75, 3.05) is 13.7 Å². The molecule has 1 amide bonds. The Labute approximate surface area is 164 Å². The molecule has 5 nitrogen and oxygen atoms in total. The summed E-state index contributed by atoms with van der Waals surface area (Å²) in [4.78, 5) is 25.9. The third-order valence-corrected chi connectivity index (χ3v) is 3.94. The molecule has 1 unspecified atom stereocenters. The highest BCUT2D eigenvalue weighted by Crippen LogP contribution is 2.16. The average Bonchev–Trinajstić information content (AvgIpc) is 2.91. The zero-order valence-corrected chi connectivity index (χ0v) is 15.8. The molecule has 0 saturated carbocycles. The highest BCUT2D eigenvalue weighted by atomic mass is 35.5. The fourth-order valence-electron chi connectivity index (χ4n) is 2.46. The van der Waals surface area contributed by atoms with Crippen molar-refractivity contribution >= 4 is 23.7 Å². The van der Waals surface area contributed by atoms with E-state index in [0.717, 1.165) is 16.7 Å². The first kappa shape index (κ1) is 20.5. The first-order valence-corrected chi connectivity index (χ1v) is 8.85. The number of amides is 1. The number of carbonyl (C=O) groups excluding carboxylic acids is 2. The maximum absolute atomic E-state index is 12.0. The predicted molar refractivity (Wildman–Crippen MR) is 106 cm³/mol. The van der Waals surface area contributed by atoms with Crippen LogP contribution in [0.25, 0.3) is 0 Å². The van der Waals surface area contributed by atoms with Crippen LogP contribution in [0.5, 0.6) is 0 Å². The molecule has 140 valence electrons. The molecule has 0 fully saturated rings. The minimum atomic E-state index is -0.777. The molecule has 1 aromatic rings. The summed E-state index contributed by atoms with van der Waals surface area (Å²) in [5.41, 5.74) is 2.76. The number of carbonyl (C=O) groups is 2. The van der Waals surface area contributed by atoms with Gasteiger partial charge in [0.25, 0.3) is 0 Å². The molecule has 0 heterocycles. The molecule has 0 saturated heterocycles. The van der Waals surface area contributed by atoms with Crippen LogP contribution in [0.2, 0.25) is 0 Å². The van der Waals surface area contributed by atoms with Crippen molar-refractivity contribution < 1.29 is 14.3 Å². The van der Waals surface area contributed by atoms with Gasteiger partial charge in [-0.1, -0.05) is 48.3 Å². The molecule has 2 rings (SSSR count). The molecule has 1 aliphatic rings. The summed E-state index contributed by atoms with van der Waals surface area (Å²) in [6, 6.07) is 8.98. The number of allylic oxidation sites excluding steroid dienone is 5. The molecule has 0 aliphatic heterocycles. The monoisotopic (exact) mass is 384 g/mol. The van der Waals surface area contributed by atoms with Gasteiger partial charge in [-0.05, 0) is 42.0 Å². The molecule has 2 N–H and O–H groups in total. The summed E-state index contributed by atoms with van der Waals surface area (Å²) in [6.45, 7) is -0.0925. The smallest absolute Gasteiger partial charge is 0.328 e. The summed E-state index contributed by atoms with van der Waals surface area (Å²) in [7, 11) is 1.29. The quantitative estimate of drug-likeness (QED) is 0.449. The summed E-state index contributed by atoms with van der Waals surface area (Å²) >= 11 is 5.33. The summed E-state index contributed by atoms with van der Waals surface area (Å²) < 4.78 is 4.78. The van der Waals surface area contributed by atoms with Crippen molar-refractivity contribution in [3.05, 3.63) is 71.3 Å². The predicted octanol–water partition coefficient (Wildman–Crippen LogP) is 2.64. The molecule has 1 aromatic carbocycles. The number of methoxy groups -OCH3 is 1. The van der Waals surface area contributed by atoms with Crippen LogP contribution in [0.3, 0.4) is 0 Å². The van der Waals surface area contributed by atoms with E-state index in [2.05, 4.69) is 22.0 Å². The molecule has 0 bridgehead atoms. The molecule has 6 heteroatoms. The van der Waals surface area contributed by atoms with Crippen molar-refractivity contribution in [1.29, 1.82) is 0 Å². The molecule has 1 aliphatic carbocycles. The molecule has 27 heavy (non-hydrogen) atoms. The SMILES string of the molecule is COC(=O)C(CC1=CCC=C(C#Cc2ccccc2)C=C1)NC(=O)CNCl. The van der Waals surface area contributed by atoms with Crippen LogP contribution < -0.4 is 10.2 Å². The molecular weight excluding hydrogens is 364 g/mol. The number of hydrogen-bond donors (Lipinski definition) is 2. The van der Waals surface area contributed by atoms with Gasteiger partial charge in [0.1, 0.15) is 6.04 Å². The van der Waals surface area contributed by atoms with E-state index in [0.29, 0.717) is 12.8 Å². The lowest BCUT2D eigenvalue weighted by atomic mass is 10.0. The van der Waals surface area contributed by atoms with Gasteiger partial charge >= 0.3 is 5.97 Å². The van der Waals surface area contributed by atoms with Gasteiger partial charge < -0.3 is 10.1 Å². The van der Waals surface area contributed by atoms with Gasteiger partial charge in [-0.15, -0.1) is 0 Å². The lowest BCUT2D eigenvalue weighted by Gasteiger charge is -2.16. The second-order valence-corrected chi connectivity index (χ2v) is 6.05. The maximum Gasteiger partial charge on any atom is 0.328 e. The van der Waals surface area contributed by atoms with Crippen LogP contribution in [-0.2, 0) is 14.3 Å². The maximum atomic E-state index is 12.0. The molecule has 0 spiro atoms. The Morgan fingerprint density at radius 1 is 1.19 bits per heavy atom. The lowest BCUT2D eigenvalue weighted by molar-refractivity contribution is -0.144. The first-order chi connectivity index (χ1) is 13.1. The van der Waals surface area contributed by atoms with E-state index >= 15 is 0 Å².